The minimum absolute atomic E-state index is 0.00537. The van der Waals surface area contributed by atoms with Gasteiger partial charge >= 0.3 is 205 Å². The van der Waals surface area contributed by atoms with Crippen LogP contribution in [0.4, 0.5) is 0 Å². The second-order valence-corrected chi connectivity index (χ2v) is 12.9. The zero-order valence-corrected chi connectivity index (χ0v) is 22.4. The molecule has 2 heterocycles. The van der Waals surface area contributed by atoms with E-state index in [-0.39, 0.29) is 46.3 Å². The van der Waals surface area contributed by atoms with Gasteiger partial charge < -0.3 is 0 Å². The number of benzene rings is 2. The van der Waals surface area contributed by atoms with Gasteiger partial charge in [-0.2, -0.15) is 0 Å². The van der Waals surface area contributed by atoms with Crippen molar-refractivity contribution in [1.82, 2.24) is 12.0 Å². The summed E-state index contributed by atoms with van der Waals surface area (Å²) in [6, 6.07) is 11.0. The van der Waals surface area contributed by atoms with E-state index in [9.17, 15) is 14.7 Å². The van der Waals surface area contributed by atoms with Crippen molar-refractivity contribution in [2.75, 3.05) is 27.2 Å². The summed E-state index contributed by atoms with van der Waals surface area (Å²) in [7, 11) is 4.02. The number of rotatable bonds is 11. The summed E-state index contributed by atoms with van der Waals surface area (Å²) in [5.41, 5.74) is 0.156. The van der Waals surface area contributed by atoms with Crippen molar-refractivity contribution in [1.29, 1.82) is 0 Å². The zero-order chi connectivity index (χ0) is 23.4. The summed E-state index contributed by atoms with van der Waals surface area (Å²) < 4.78 is 11.9. The molecule has 0 radical (unpaired) electrons. The first-order valence-corrected chi connectivity index (χ1v) is 14.4. The average Bonchev–Trinajstić information content (AvgIpc) is 3.27. The Labute approximate surface area is 204 Å². The monoisotopic (exact) mass is 583 g/mol. The number of phenols is 1. The quantitative estimate of drug-likeness (QED) is 0.218. The molecule has 1 N–H and O–H groups in total. The third kappa shape index (κ3) is 5.92. The Kier molecular flexibility index (Phi) is 7.99. The maximum atomic E-state index is 12.8. The van der Waals surface area contributed by atoms with E-state index in [0.717, 1.165) is 65.0 Å². The van der Waals surface area contributed by atoms with Gasteiger partial charge in [-0.25, -0.2) is 0 Å². The van der Waals surface area contributed by atoms with Crippen LogP contribution >= 0.6 is 0 Å². The van der Waals surface area contributed by atoms with Crippen molar-refractivity contribution in [3.05, 3.63) is 57.1 Å². The molecule has 0 fully saturated rings. The van der Waals surface area contributed by atoms with Gasteiger partial charge in [0.2, 0.25) is 0 Å². The van der Waals surface area contributed by atoms with Crippen LogP contribution in [0, 0.1) is 0 Å². The Bertz CT molecular complexity index is 1350. The van der Waals surface area contributed by atoms with E-state index in [1.54, 1.807) is 12.1 Å². The number of likely N-dealkylation sites (N-methyl/N-ethyl adjacent to an activating group) is 1. The third-order valence-corrected chi connectivity index (χ3v) is 10.2. The van der Waals surface area contributed by atoms with E-state index < -0.39 is 0 Å². The summed E-state index contributed by atoms with van der Waals surface area (Å²) in [6.07, 6.45) is 4.01. The van der Waals surface area contributed by atoms with Gasteiger partial charge in [0, 0.05) is 0 Å². The van der Waals surface area contributed by atoms with Gasteiger partial charge in [0.15, 0.2) is 0 Å². The van der Waals surface area contributed by atoms with E-state index in [1.807, 2.05) is 45.5 Å². The number of phenolic OH excluding ortho intramolecular Hbond substituents is 1. The predicted molar refractivity (Wildman–Crippen MR) is 134 cm³/mol. The molecule has 0 amide bonds. The Hall–Kier alpha value is -2.02. The summed E-state index contributed by atoms with van der Waals surface area (Å²) >= 11 is 0.0435. The second-order valence-electron chi connectivity index (χ2n) is 8.40. The van der Waals surface area contributed by atoms with E-state index in [2.05, 4.69) is 4.90 Å². The van der Waals surface area contributed by atoms with Crippen LogP contribution in [0.1, 0.15) is 25.7 Å². The molecule has 0 bridgehead atoms. The van der Waals surface area contributed by atoms with Crippen LogP contribution in [0.3, 0.4) is 0 Å². The summed E-state index contributed by atoms with van der Waals surface area (Å²) in [6.45, 7) is 2.97. The molecule has 0 spiro atoms. The maximum absolute atomic E-state index is 12.8. The van der Waals surface area contributed by atoms with Crippen LogP contribution in [0.15, 0.2) is 46.0 Å². The Balaban J connectivity index is 1.26. The predicted octanol–water partition coefficient (Wildman–Crippen LogP) is 2.34. The van der Waals surface area contributed by atoms with Gasteiger partial charge in [-0.3, -0.25) is 0 Å². The Morgan fingerprint density at radius 2 is 1.42 bits per heavy atom. The van der Waals surface area contributed by atoms with E-state index in [0.29, 0.717) is 12.0 Å². The molecule has 7 nitrogen and oxygen atoms in total. The fourth-order valence-electron chi connectivity index (χ4n) is 3.70. The first-order chi connectivity index (χ1) is 15.9. The van der Waals surface area contributed by atoms with E-state index in [1.165, 1.54) is 0 Å². The number of aromatic hydroxyl groups is 1. The number of nitrogens with zero attached hydrogens (tertiary/aromatic N) is 3. The zero-order valence-electron chi connectivity index (χ0n) is 19.0. The summed E-state index contributed by atoms with van der Waals surface area (Å²) in [4.78, 5) is 27.4. The number of aromatic nitrogens is 2. The topological polar surface area (TPSA) is 76.7 Å². The van der Waals surface area contributed by atoms with Crippen molar-refractivity contribution in [2.45, 2.75) is 38.8 Å². The van der Waals surface area contributed by atoms with Crippen LogP contribution in [-0.4, -0.2) is 73.8 Å². The number of aryl methyl sites for hydroxylation is 2. The molecule has 2 aromatic heterocycles. The SMILES string of the molecule is CN(C)CCOc1ccc2[se]n(CCCCCCn3[se]c4ccc(O)cc4c3=O)c(=O)c2c1. The van der Waals surface area contributed by atoms with Crippen molar-refractivity contribution in [2.24, 2.45) is 0 Å². The summed E-state index contributed by atoms with van der Waals surface area (Å²) in [5.74, 6) is 0.907. The molecule has 0 aliphatic carbocycles. The van der Waals surface area contributed by atoms with Crippen molar-refractivity contribution < 1.29 is 9.84 Å². The molecule has 0 aliphatic rings. The Morgan fingerprint density at radius 3 is 2.03 bits per heavy atom. The average molecular weight is 581 g/mol. The molecule has 33 heavy (non-hydrogen) atoms. The molecular formula is C24H29N3O4Se2. The van der Waals surface area contributed by atoms with Crippen molar-refractivity contribution >= 4 is 48.8 Å². The van der Waals surface area contributed by atoms with Crippen LogP contribution in [0.5, 0.6) is 11.5 Å². The number of hydrogen-bond donors (Lipinski definition) is 1. The molecular weight excluding hydrogens is 552 g/mol. The fraction of sp³-hybridized carbons (Fsp3) is 0.417. The molecule has 0 unspecified atom stereocenters. The van der Waals surface area contributed by atoms with Gasteiger partial charge in [-0.1, -0.05) is 0 Å². The third-order valence-electron chi connectivity index (χ3n) is 5.52. The number of unbranched alkanes of at least 4 members (excludes halogenated alkanes) is 3. The van der Waals surface area contributed by atoms with Gasteiger partial charge in [-0.15, -0.1) is 0 Å². The van der Waals surface area contributed by atoms with Crippen LogP contribution in [0.25, 0.3) is 19.3 Å². The molecule has 0 saturated carbocycles. The first-order valence-electron chi connectivity index (χ1n) is 11.2. The van der Waals surface area contributed by atoms with Gasteiger partial charge in [-0.05, 0) is 0 Å². The summed E-state index contributed by atoms with van der Waals surface area (Å²) in [5, 5.41) is 11.0. The molecule has 176 valence electrons. The van der Waals surface area contributed by atoms with E-state index >= 15 is 0 Å². The fourth-order valence-corrected chi connectivity index (χ4v) is 7.95. The van der Waals surface area contributed by atoms with Gasteiger partial charge in [0.1, 0.15) is 0 Å². The van der Waals surface area contributed by atoms with Crippen LogP contribution < -0.4 is 15.9 Å². The Morgan fingerprint density at radius 1 is 0.848 bits per heavy atom. The van der Waals surface area contributed by atoms with Crippen LogP contribution in [0.2, 0.25) is 0 Å². The molecule has 9 heteroatoms. The molecule has 0 aliphatic heterocycles. The molecule has 0 saturated heterocycles. The molecule has 0 atom stereocenters. The molecule has 2 aromatic carbocycles. The standard InChI is InChI=1S/C24H29N3O4Se2/c1-25(2)13-14-31-18-8-10-22-20(16-18)24(30)27(33-22)12-6-4-3-5-11-26-23(29)19-15-17(28)7-9-21(19)32-26/h7-10,15-16,28H,3-6,11-14H2,1-2H3. The minimum atomic E-state index is 0.00537. The van der Waals surface area contributed by atoms with E-state index in [4.69, 9.17) is 4.74 Å². The number of ether oxygens (including phenoxy) is 1. The number of fused-ring (bicyclic) bond motifs is 2. The number of hydrogen-bond acceptors (Lipinski definition) is 5. The van der Waals surface area contributed by atoms with Crippen molar-refractivity contribution in [3.63, 3.8) is 0 Å². The normalized spacial score (nSPS) is 11.7. The molecule has 4 aromatic rings. The second kappa shape index (κ2) is 10.9. The molecule has 4 rings (SSSR count). The van der Waals surface area contributed by atoms with Gasteiger partial charge in [0.25, 0.3) is 0 Å². The van der Waals surface area contributed by atoms with Gasteiger partial charge in [0.05, 0.1) is 0 Å². The van der Waals surface area contributed by atoms with Crippen LogP contribution in [-0.2, 0) is 13.1 Å². The first kappa shape index (κ1) is 24.1. The van der Waals surface area contributed by atoms with Crippen molar-refractivity contribution in [3.8, 4) is 11.5 Å².